The zero-order valence-corrected chi connectivity index (χ0v) is 14.4. The smallest absolute Gasteiger partial charge is 0.242 e. The number of amides is 1. The quantitative estimate of drug-likeness (QED) is 0.826. The fraction of sp³-hybridized carbons (Fsp3) is 0.235. The first kappa shape index (κ1) is 17.0. The van der Waals surface area contributed by atoms with E-state index in [2.05, 4.69) is 10.0 Å². The van der Waals surface area contributed by atoms with Gasteiger partial charge in [0.2, 0.25) is 15.9 Å². The lowest BCUT2D eigenvalue weighted by Crippen LogP contribution is -2.23. The van der Waals surface area contributed by atoms with E-state index < -0.39 is 10.0 Å². The minimum Gasteiger partial charge on any atom is -0.326 e. The van der Waals surface area contributed by atoms with Crippen LogP contribution >= 0.6 is 11.6 Å². The Kier molecular flexibility index (Phi) is 4.89. The molecule has 1 amide bonds. The maximum Gasteiger partial charge on any atom is 0.242 e. The fourth-order valence-electron chi connectivity index (χ4n) is 2.21. The summed E-state index contributed by atoms with van der Waals surface area (Å²) >= 11 is 5.93. The van der Waals surface area contributed by atoms with Gasteiger partial charge in [0, 0.05) is 18.2 Å². The monoisotopic (exact) mass is 364 g/mol. The summed E-state index contributed by atoms with van der Waals surface area (Å²) < 4.78 is 27.1. The topological polar surface area (TPSA) is 75.3 Å². The van der Waals surface area contributed by atoms with Gasteiger partial charge in [-0.2, -0.15) is 0 Å². The second kappa shape index (κ2) is 6.93. The molecule has 2 N–H and O–H groups in total. The van der Waals surface area contributed by atoms with E-state index in [0.29, 0.717) is 5.69 Å². The highest BCUT2D eigenvalue weighted by Gasteiger charge is 2.29. The molecule has 1 aliphatic carbocycles. The van der Waals surface area contributed by atoms with Gasteiger partial charge in [-0.3, -0.25) is 4.79 Å². The molecule has 7 heteroatoms. The standard InChI is InChI=1S/C17H17ClN2O3S/c18-15-3-1-2-4-16(15)24(22,23)19-11-12-5-9-14(10-6-12)20-17(21)13-7-8-13/h1-6,9-10,13,19H,7-8,11H2,(H,20,21). The van der Waals surface area contributed by atoms with Crippen molar-refractivity contribution in [3.8, 4) is 0 Å². The van der Waals surface area contributed by atoms with Crippen LogP contribution in [-0.2, 0) is 21.4 Å². The van der Waals surface area contributed by atoms with Crippen LogP contribution < -0.4 is 10.0 Å². The van der Waals surface area contributed by atoms with Crippen LogP contribution in [0, 0.1) is 5.92 Å². The SMILES string of the molecule is O=C(Nc1ccc(CNS(=O)(=O)c2ccccc2Cl)cc1)C1CC1. The molecular weight excluding hydrogens is 348 g/mol. The number of carbonyl (C=O) groups excluding carboxylic acids is 1. The third kappa shape index (κ3) is 4.14. The van der Waals surface area contributed by atoms with Gasteiger partial charge in [-0.25, -0.2) is 13.1 Å². The van der Waals surface area contributed by atoms with Gasteiger partial charge in [-0.15, -0.1) is 0 Å². The van der Waals surface area contributed by atoms with Crippen LogP contribution in [0.2, 0.25) is 5.02 Å². The van der Waals surface area contributed by atoms with E-state index >= 15 is 0 Å². The first-order chi connectivity index (χ1) is 11.5. The molecule has 2 aromatic carbocycles. The highest BCUT2D eigenvalue weighted by Crippen LogP contribution is 2.30. The predicted molar refractivity (Wildman–Crippen MR) is 93.3 cm³/mol. The molecule has 0 spiro atoms. The number of sulfonamides is 1. The lowest BCUT2D eigenvalue weighted by atomic mass is 10.2. The van der Waals surface area contributed by atoms with Gasteiger partial charge < -0.3 is 5.32 Å². The maximum atomic E-state index is 12.3. The zero-order valence-electron chi connectivity index (χ0n) is 12.8. The molecule has 1 saturated carbocycles. The van der Waals surface area contributed by atoms with Crippen LogP contribution in [0.4, 0.5) is 5.69 Å². The fourth-order valence-corrected chi connectivity index (χ4v) is 3.75. The molecular formula is C17H17ClN2O3S. The molecule has 0 unspecified atom stereocenters. The minimum atomic E-state index is -3.67. The van der Waals surface area contributed by atoms with Crippen molar-refractivity contribution in [3.63, 3.8) is 0 Å². The molecule has 0 bridgehead atoms. The molecule has 2 aromatic rings. The number of rotatable bonds is 6. The largest absolute Gasteiger partial charge is 0.326 e. The Hall–Kier alpha value is -1.89. The van der Waals surface area contributed by atoms with Crippen molar-refractivity contribution in [1.82, 2.24) is 4.72 Å². The van der Waals surface area contributed by atoms with E-state index in [-0.39, 0.29) is 28.3 Å². The van der Waals surface area contributed by atoms with Crippen molar-refractivity contribution in [2.45, 2.75) is 24.3 Å². The van der Waals surface area contributed by atoms with Crippen LogP contribution in [0.5, 0.6) is 0 Å². The molecule has 1 aliphatic rings. The number of carbonyl (C=O) groups is 1. The first-order valence-electron chi connectivity index (χ1n) is 7.60. The number of halogens is 1. The molecule has 0 heterocycles. The van der Waals surface area contributed by atoms with Crippen molar-refractivity contribution in [2.75, 3.05) is 5.32 Å². The van der Waals surface area contributed by atoms with Gasteiger partial charge >= 0.3 is 0 Å². The van der Waals surface area contributed by atoms with Gasteiger partial charge in [-0.1, -0.05) is 35.9 Å². The number of nitrogens with one attached hydrogen (secondary N) is 2. The molecule has 3 rings (SSSR count). The summed E-state index contributed by atoms with van der Waals surface area (Å²) in [5.41, 5.74) is 1.50. The molecule has 0 aliphatic heterocycles. The summed E-state index contributed by atoms with van der Waals surface area (Å²) in [6, 6.07) is 13.4. The van der Waals surface area contributed by atoms with E-state index in [9.17, 15) is 13.2 Å². The Balaban J connectivity index is 1.62. The van der Waals surface area contributed by atoms with Gasteiger partial charge in [0.15, 0.2) is 0 Å². The third-order valence-corrected chi connectivity index (χ3v) is 5.66. The molecule has 24 heavy (non-hydrogen) atoms. The van der Waals surface area contributed by atoms with Gasteiger partial charge in [-0.05, 0) is 42.7 Å². The lowest BCUT2D eigenvalue weighted by Gasteiger charge is -2.09. The highest BCUT2D eigenvalue weighted by atomic mass is 35.5. The molecule has 126 valence electrons. The second-order valence-corrected chi connectivity index (χ2v) is 7.86. The summed E-state index contributed by atoms with van der Waals surface area (Å²) in [7, 11) is -3.67. The Morgan fingerprint density at radius 1 is 1.08 bits per heavy atom. The van der Waals surface area contributed by atoms with Crippen LogP contribution in [0.15, 0.2) is 53.4 Å². The van der Waals surface area contributed by atoms with E-state index in [1.54, 1.807) is 36.4 Å². The Morgan fingerprint density at radius 2 is 1.75 bits per heavy atom. The van der Waals surface area contributed by atoms with E-state index in [0.717, 1.165) is 18.4 Å². The van der Waals surface area contributed by atoms with E-state index in [1.165, 1.54) is 12.1 Å². The zero-order chi connectivity index (χ0) is 17.2. The summed E-state index contributed by atoms with van der Waals surface area (Å²) in [5, 5.41) is 3.03. The molecule has 0 aromatic heterocycles. The van der Waals surface area contributed by atoms with Crippen LogP contribution in [0.1, 0.15) is 18.4 Å². The molecule has 0 radical (unpaired) electrons. The first-order valence-corrected chi connectivity index (χ1v) is 9.46. The highest BCUT2D eigenvalue weighted by molar-refractivity contribution is 7.89. The predicted octanol–water partition coefficient (Wildman–Crippen LogP) is 3.17. The van der Waals surface area contributed by atoms with Gasteiger partial charge in [0.05, 0.1) is 5.02 Å². The summed E-state index contributed by atoms with van der Waals surface area (Å²) in [6.45, 7) is 0.143. The summed E-state index contributed by atoms with van der Waals surface area (Å²) in [6.07, 6.45) is 1.90. The minimum absolute atomic E-state index is 0.0437. The maximum absolute atomic E-state index is 12.3. The number of hydrogen-bond donors (Lipinski definition) is 2. The number of hydrogen-bond acceptors (Lipinski definition) is 3. The number of anilines is 1. The van der Waals surface area contributed by atoms with Gasteiger partial charge in [0.1, 0.15) is 4.90 Å². The molecule has 0 atom stereocenters. The van der Waals surface area contributed by atoms with Crippen LogP contribution in [-0.4, -0.2) is 14.3 Å². The Labute approximate surface area is 146 Å². The van der Waals surface area contributed by atoms with Crippen molar-refractivity contribution in [3.05, 3.63) is 59.1 Å². The molecule has 1 fully saturated rings. The molecule has 0 saturated heterocycles. The van der Waals surface area contributed by atoms with Gasteiger partial charge in [0.25, 0.3) is 0 Å². The average molecular weight is 365 g/mol. The van der Waals surface area contributed by atoms with E-state index in [1.807, 2.05) is 0 Å². The molecule has 5 nitrogen and oxygen atoms in total. The third-order valence-electron chi connectivity index (χ3n) is 3.76. The lowest BCUT2D eigenvalue weighted by molar-refractivity contribution is -0.117. The van der Waals surface area contributed by atoms with Crippen LogP contribution in [0.3, 0.4) is 0 Å². The summed E-state index contributed by atoms with van der Waals surface area (Å²) in [4.78, 5) is 11.7. The average Bonchev–Trinajstić information content (AvgIpc) is 3.39. The van der Waals surface area contributed by atoms with Crippen molar-refractivity contribution < 1.29 is 13.2 Å². The van der Waals surface area contributed by atoms with Crippen molar-refractivity contribution in [2.24, 2.45) is 5.92 Å². The van der Waals surface area contributed by atoms with Crippen molar-refractivity contribution >= 4 is 33.2 Å². The van der Waals surface area contributed by atoms with Crippen molar-refractivity contribution in [1.29, 1.82) is 0 Å². The normalized spacial score (nSPS) is 14.4. The van der Waals surface area contributed by atoms with Crippen LogP contribution in [0.25, 0.3) is 0 Å². The summed E-state index contributed by atoms with van der Waals surface area (Å²) in [5.74, 6) is 0.189. The second-order valence-electron chi connectivity index (χ2n) is 5.72. The Bertz CT molecular complexity index is 846. The Morgan fingerprint density at radius 3 is 2.38 bits per heavy atom. The van der Waals surface area contributed by atoms with E-state index in [4.69, 9.17) is 11.6 Å². The number of benzene rings is 2.